The van der Waals surface area contributed by atoms with Crippen LogP contribution in [-0.4, -0.2) is 57.4 Å². The van der Waals surface area contributed by atoms with Gasteiger partial charge in [0.2, 0.25) is 0 Å². The molecule has 0 amide bonds. The Morgan fingerprint density at radius 1 is 1.26 bits per heavy atom. The van der Waals surface area contributed by atoms with E-state index in [9.17, 15) is 13.2 Å². The van der Waals surface area contributed by atoms with Gasteiger partial charge in [0.15, 0.2) is 5.96 Å². The SMILES string of the molecule is CN=C(NCc1cccc(C(F)(F)F)c1)N1CCC(OCCCOC)CC1. The molecule has 0 atom stereocenters. The topological polar surface area (TPSA) is 46.1 Å². The number of guanidine groups is 1. The standard InChI is InChI=1S/C19H28F3N3O2/c1-23-18(24-14-15-5-3-6-16(13-15)19(20,21)22)25-9-7-17(8-10-25)27-12-4-11-26-2/h3,5-6,13,17H,4,7-12,14H2,1-2H3,(H,23,24). The molecule has 0 aromatic heterocycles. The molecule has 1 saturated heterocycles. The Kier molecular flexibility index (Phi) is 8.37. The van der Waals surface area contributed by atoms with E-state index in [2.05, 4.69) is 15.2 Å². The molecule has 0 bridgehead atoms. The number of alkyl halides is 3. The zero-order valence-electron chi connectivity index (χ0n) is 15.9. The summed E-state index contributed by atoms with van der Waals surface area (Å²) in [6.45, 7) is 3.30. The number of benzene rings is 1. The van der Waals surface area contributed by atoms with Crippen LogP contribution in [0.5, 0.6) is 0 Å². The summed E-state index contributed by atoms with van der Waals surface area (Å²) >= 11 is 0. The lowest BCUT2D eigenvalue weighted by Gasteiger charge is -2.34. The molecular formula is C19H28F3N3O2. The molecule has 1 aromatic rings. The van der Waals surface area contributed by atoms with Crippen molar-refractivity contribution in [2.24, 2.45) is 4.99 Å². The van der Waals surface area contributed by atoms with Gasteiger partial charge in [-0.05, 0) is 37.0 Å². The Balaban J connectivity index is 1.80. The fourth-order valence-corrected chi connectivity index (χ4v) is 3.06. The maximum atomic E-state index is 12.8. The lowest BCUT2D eigenvalue weighted by Crippen LogP contribution is -2.46. The summed E-state index contributed by atoms with van der Waals surface area (Å²) in [7, 11) is 3.36. The van der Waals surface area contributed by atoms with Crippen molar-refractivity contribution in [3.8, 4) is 0 Å². The van der Waals surface area contributed by atoms with E-state index >= 15 is 0 Å². The van der Waals surface area contributed by atoms with Crippen LogP contribution < -0.4 is 5.32 Å². The number of nitrogens with zero attached hydrogens (tertiary/aromatic N) is 2. The third-order valence-electron chi connectivity index (χ3n) is 4.50. The average molecular weight is 387 g/mol. The van der Waals surface area contributed by atoms with Gasteiger partial charge in [0.25, 0.3) is 0 Å². The summed E-state index contributed by atoms with van der Waals surface area (Å²) in [5, 5.41) is 3.16. The molecule has 1 aliphatic rings. The molecule has 0 spiro atoms. The Hall–Kier alpha value is -1.80. The van der Waals surface area contributed by atoms with E-state index in [-0.39, 0.29) is 6.10 Å². The number of aliphatic imine (C=N–C) groups is 1. The van der Waals surface area contributed by atoms with E-state index in [0.29, 0.717) is 31.3 Å². The Morgan fingerprint density at radius 2 is 2.00 bits per heavy atom. The largest absolute Gasteiger partial charge is 0.416 e. The molecule has 1 N–H and O–H groups in total. The van der Waals surface area contributed by atoms with Gasteiger partial charge in [-0.25, -0.2) is 0 Å². The van der Waals surface area contributed by atoms with Crippen LogP contribution in [0.4, 0.5) is 13.2 Å². The third-order valence-corrected chi connectivity index (χ3v) is 4.50. The van der Waals surface area contributed by atoms with Crippen LogP contribution in [0.1, 0.15) is 30.4 Å². The van der Waals surface area contributed by atoms with Crippen molar-refractivity contribution in [3.63, 3.8) is 0 Å². The van der Waals surface area contributed by atoms with Gasteiger partial charge in [-0.3, -0.25) is 4.99 Å². The van der Waals surface area contributed by atoms with Gasteiger partial charge in [0.05, 0.1) is 11.7 Å². The predicted octanol–water partition coefficient (Wildman–Crippen LogP) is 3.30. The molecule has 2 rings (SSSR count). The molecule has 1 aromatic carbocycles. The number of ether oxygens (including phenoxy) is 2. The van der Waals surface area contributed by atoms with E-state index in [1.807, 2.05) is 0 Å². The summed E-state index contributed by atoms with van der Waals surface area (Å²) in [5.41, 5.74) is -0.0643. The molecule has 0 unspecified atom stereocenters. The zero-order valence-corrected chi connectivity index (χ0v) is 15.9. The molecule has 0 aliphatic carbocycles. The van der Waals surface area contributed by atoms with E-state index in [4.69, 9.17) is 9.47 Å². The highest BCUT2D eigenvalue weighted by atomic mass is 19.4. The van der Waals surface area contributed by atoms with E-state index < -0.39 is 11.7 Å². The second kappa shape index (κ2) is 10.5. The Labute approximate surface area is 158 Å². The maximum Gasteiger partial charge on any atom is 0.416 e. The van der Waals surface area contributed by atoms with Crippen molar-refractivity contribution in [2.75, 3.05) is 40.5 Å². The van der Waals surface area contributed by atoms with E-state index in [1.54, 1.807) is 20.2 Å². The first-order valence-corrected chi connectivity index (χ1v) is 9.16. The monoisotopic (exact) mass is 387 g/mol. The van der Waals surface area contributed by atoms with Crippen molar-refractivity contribution in [3.05, 3.63) is 35.4 Å². The normalized spacial score (nSPS) is 16.6. The summed E-state index contributed by atoms with van der Waals surface area (Å²) in [4.78, 5) is 6.38. The number of piperidine rings is 1. The number of methoxy groups -OCH3 is 1. The molecular weight excluding hydrogens is 359 g/mol. The van der Waals surface area contributed by atoms with Crippen LogP contribution in [0, 0.1) is 0 Å². The highest BCUT2D eigenvalue weighted by Gasteiger charge is 2.30. The van der Waals surface area contributed by atoms with Crippen LogP contribution in [-0.2, 0) is 22.2 Å². The fraction of sp³-hybridized carbons (Fsp3) is 0.632. The van der Waals surface area contributed by atoms with E-state index in [1.165, 1.54) is 12.1 Å². The van der Waals surface area contributed by atoms with Crippen molar-refractivity contribution >= 4 is 5.96 Å². The van der Waals surface area contributed by atoms with Crippen LogP contribution in [0.25, 0.3) is 0 Å². The first-order chi connectivity index (χ1) is 12.9. The van der Waals surface area contributed by atoms with Gasteiger partial charge >= 0.3 is 6.18 Å². The van der Waals surface area contributed by atoms with Gasteiger partial charge < -0.3 is 19.7 Å². The number of likely N-dealkylation sites (tertiary alicyclic amines) is 1. The highest BCUT2D eigenvalue weighted by molar-refractivity contribution is 5.79. The summed E-state index contributed by atoms with van der Waals surface area (Å²) < 4.78 is 49.3. The molecule has 1 fully saturated rings. The maximum absolute atomic E-state index is 12.8. The molecule has 8 heteroatoms. The highest BCUT2D eigenvalue weighted by Crippen LogP contribution is 2.29. The number of halogens is 3. The molecule has 1 heterocycles. The average Bonchev–Trinajstić information content (AvgIpc) is 2.66. The first kappa shape index (κ1) is 21.5. The van der Waals surface area contributed by atoms with Crippen LogP contribution in [0.2, 0.25) is 0 Å². The lowest BCUT2D eigenvalue weighted by atomic mass is 10.1. The zero-order chi connectivity index (χ0) is 19.7. The first-order valence-electron chi connectivity index (χ1n) is 9.16. The van der Waals surface area contributed by atoms with Gasteiger partial charge in [-0.15, -0.1) is 0 Å². The fourth-order valence-electron chi connectivity index (χ4n) is 3.06. The van der Waals surface area contributed by atoms with Crippen molar-refractivity contribution in [2.45, 2.75) is 38.1 Å². The number of rotatable bonds is 7. The van der Waals surface area contributed by atoms with Crippen LogP contribution in [0.15, 0.2) is 29.3 Å². The third kappa shape index (κ3) is 7.03. The van der Waals surface area contributed by atoms with E-state index in [0.717, 1.165) is 38.4 Å². The van der Waals surface area contributed by atoms with Gasteiger partial charge in [-0.2, -0.15) is 13.2 Å². The molecule has 27 heavy (non-hydrogen) atoms. The second-order valence-corrected chi connectivity index (χ2v) is 6.50. The van der Waals surface area contributed by atoms with Crippen molar-refractivity contribution in [1.82, 2.24) is 10.2 Å². The van der Waals surface area contributed by atoms with Gasteiger partial charge in [0, 0.05) is 47.0 Å². The van der Waals surface area contributed by atoms with Gasteiger partial charge in [0.1, 0.15) is 0 Å². The minimum Gasteiger partial charge on any atom is -0.385 e. The molecule has 5 nitrogen and oxygen atoms in total. The molecule has 152 valence electrons. The summed E-state index contributed by atoms with van der Waals surface area (Å²) in [5.74, 6) is 0.699. The smallest absolute Gasteiger partial charge is 0.385 e. The molecule has 0 saturated carbocycles. The summed E-state index contributed by atoms with van der Waals surface area (Å²) in [6, 6.07) is 5.35. The number of nitrogens with one attached hydrogen (secondary N) is 1. The minimum absolute atomic E-state index is 0.236. The van der Waals surface area contributed by atoms with Gasteiger partial charge in [-0.1, -0.05) is 12.1 Å². The number of hydrogen-bond donors (Lipinski definition) is 1. The predicted molar refractivity (Wildman–Crippen MR) is 98.7 cm³/mol. The van der Waals surface area contributed by atoms with Crippen molar-refractivity contribution in [1.29, 1.82) is 0 Å². The Bertz CT molecular complexity index is 600. The van der Waals surface area contributed by atoms with Crippen LogP contribution in [0.3, 0.4) is 0 Å². The van der Waals surface area contributed by atoms with Crippen molar-refractivity contribution < 1.29 is 22.6 Å². The second-order valence-electron chi connectivity index (χ2n) is 6.50. The lowest BCUT2D eigenvalue weighted by molar-refractivity contribution is -0.137. The minimum atomic E-state index is -4.33. The summed E-state index contributed by atoms with van der Waals surface area (Å²) in [6.07, 6.45) is -1.41. The quantitative estimate of drug-likeness (QED) is 0.443. The molecule has 0 radical (unpaired) electrons. The number of hydrogen-bond acceptors (Lipinski definition) is 3. The molecule has 1 aliphatic heterocycles. The Morgan fingerprint density at radius 3 is 2.63 bits per heavy atom. The van der Waals surface area contributed by atoms with Crippen LogP contribution >= 0.6 is 0 Å².